The number of pyridine rings is 1. The van der Waals surface area contributed by atoms with Gasteiger partial charge in [-0.25, -0.2) is 14.4 Å². The molecule has 150 valence electrons. The Bertz CT molecular complexity index is 1050. The number of oxazole rings is 1. The quantitative estimate of drug-likeness (QED) is 0.642. The Morgan fingerprint density at radius 3 is 2.69 bits per heavy atom. The van der Waals surface area contributed by atoms with Crippen molar-refractivity contribution in [3.05, 3.63) is 65.8 Å². The van der Waals surface area contributed by atoms with Gasteiger partial charge in [-0.15, -0.1) is 0 Å². The van der Waals surface area contributed by atoms with Gasteiger partial charge in [0.1, 0.15) is 5.82 Å². The van der Waals surface area contributed by atoms with Gasteiger partial charge in [0.15, 0.2) is 0 Å². The number of carbonyl (C=O) groups is 2. The first-order valence-electron chi connectivity index (χ1n) is 8.80. The fourth-order valence-corrected chi connectivity index (χ4v) is 2.61. The van der Waals surface area contributed by atoms with Gasteiger partial charge >= 0.3 is 0 Å². The first kappa shape index (κ1) is 20.1. The van der Waals surface area contributed by atoms with Crippen LogP contribution in [0.5, 0.6) is 0 Å². The summed E-state index contributed by atoms with van der Waals surface area (Å²) in [5, 5.41) is 2.50. The van der Waals surface area contributed by atoms with E-state index in [2.05, 4.69) is 15.3 Å². The van der Waals surface area contributed by atoms with Crippen molar-refractivity contribution in [2.75, 3.05) is 11.9 Å². The Morgan fingerprint density at radius 2 is 2.00 bits per heavy atom. The monoisotopic (exact) mass is 400 g/mol. The van der Waals surface area contributed by atoms with E-state index >= 15 is 0 Å². The van der Waals surface area contributed by atoms with Crippen molar-refractivity contribution in [2.24, 2.45) is 0 Å². The summed E-state index contributed by atoms with van der Waals surface area (Å²) in [6.45, 7) is 1.61. The van der Waals surface area contributed by atoms with Gasteiger partial charge in [-0.05, 0) is 24.3 Å². The lowest BCUT2D eigenvalue weighted by molar-refractivity contribution is -0.118. The molecule has 2 aromatic heterocycles. The van der Waals surface area contributed by atoms with Crippen LogP contribution < -0.4 is 10.2 Å². The number of aromatic nitrogens is 2. The molecule has 2 amide bonds. The van der Waals surface area contributed by atoms with Gasteiger partial charge in [0, 0.05) is 37.3 Å². The van der Waals surface area contributed by atoms with E-state index in [1.165, 1.54) is 48.6 Å². The number of hydrogen-bond acceptors (Lipinski definition) is 5. The Labute approximate surface area is 165 Å². The van der Waals surface area contributed by atoms with E-state index in [-0.39, 0.29) is 41.8 Å². The molecular formula is C20H18F2N4O3. The van der Waals surface area contributed by atoms with Crippen molar-refractivity contribution in [3.8, 4) is 11.5 Å². The number of anilines is 1. The van der Waals surface area contributed by atoms with Gasteiger partial charge in [0.05, 0.1) is 11.9 Å². The van der Waals surface area contributed by atoms with Crippen LogP contribution >= 0.6 is 0 Å². The molecule has 3 rings (SSSR count). The molecule has 0 aliphatic rings. The van der Waals surface area contributed by atoms with Crippen molar-refractivity contribution in [1.82, 2.24) is 15.3 Å². The molecule has 0 bridgehead atoms. The van der Waals surface area contributed by atoms with Gasteiger partial charge in [-0.2, -0.15) is 4.39 Å². The normalized spacial score (nSPS) is 10.6. The summed E-state index contributed by atoms with van der Waals surface area (Å²) in [5.41, 5.74) is 0.661. The average Bonchev–Trinajstić information content (AvgIpc) is 3.22. The molecule has 1 aromatic carbocycles. The minimum Gasteiger partial charge on any atom is -0.431 e. The van der Waals surface area contributed by atoms with E-state index in [4.69, 9.17) is 4.42 Å². The lowest BCUT2D eigenvalue weighted by Crippen LogP contribution is -2.25. The van der Waals surface area contributed by atoms with E-state index in [1.54, 1.807) is 13.0 Å². The summed E-state index contributed by atoms with van der Waals surface area (Å²) >= 11 is 0. The molecule has 29 heavy (non-hydrogen) atoms. The number of amides is 2. The van der Waals surface area contributed by atoms with Crippen LogP contribution in [0.3, 0.4) is 0 Å². The zero-order chi connectivity index (χ0) is 21.0. The largest absolute Gasteiger partial charge is 0.431 e. The van der Waals surface area contributed by atoms with Crippen LogP contribution in [0.25, 0.3) is 11.5 Å². The van der Waals surface area contributed by atoms with Crippen molar-refractivity contribution >= 4 is 17.5 Å². The highest BCUT2D eigenvalue weighted by atomic mass is 19.1. The molecule has 0 unspecified atom stereocenters. The van der Waals surface area contributed by atoms with Crippen LogP contribution in [-0.4, -0.2) is 28.8 Å². The second-order valence-electron chi connectivity index (χ2n) is 6.14. The van der Waals surface area contributed by atoms with Crippen LogP contribution in [0.1, 0.15) is 29.5 Å². The van der Waals surface area contributed by atoms with Crippen molar-refractivity contribution < 1.29 is 22.8 Å². The molecule has 3 aromatic rings. The first-order chi connectivity index (χ1) is 13.9. The van der Waals surface area contributed by atoms with E-state index in [0.29, 0.717) is 5.56 Å². The third kappa shape index (κ3) is 4.45. The molecule has 0 fully saturated rings. The lowest BCUT2D eigenvalue weighted by atomic mass is 10.2. The lowest BCUT2D eigenvalue weighted by Gasteiger charge is -2.17. The minimum atomic E-state index is -0.673. The van der Waals surface area contributed by atoms with Gasteiger partial charge in [-0.3, -0.25) is 9.59 Å². The summed E-state index contributed by atoms with van der Waals surface area (Å²) in [7, 11) is 1.49. The van der Waals surface area contributed by atoms with Crippen molar-refractivity contribution in [2.45, 2.75) is 19.9 Å². The van der Waals surface area contributed by atoms with Crippen LogP contribution in [0.15, 0.2) is 47.1 Å². The van der Waals surface area contributed by atoms with Crippen LogP contribution in [0.2, 0.25) is 0 Å². The summed E-state index contributed by atoms with van der Waals surface area (Å²) < 4.78 is 33.3. The molecule has 0 saturated heterocycles. The molecule has 1 N–H and O–H groups in total. The number of nitrogens with zero attached hydrogens (tertiary/aromatic N) is 3. The zero-order valence-corrected chi connectivity index (χ0v) is 15.8. The fourth-order valence-electron chi connectivity index (χ4n) is 2.61. The summed E-state index contributed by atoms with van der Waals surface area (Å²) in [6, 6.07) is 7.21. The summed E-state index contributed by atoms with van der Waals surface area (Å²) in [4.78, 5) is 32.6. The predicted octanol–water partition coefficient (Wildman–Crippen LogP) is 3.32. The minimum absolute atomic E-state index is 0.0395. The standard InChI is InChI=1S/C20H18F2N4O3/c1-3-17(27)26(2)15-7-6-12(9-14(15)21)20-25-11-16(29-20)19(28)24-10-13-5-4-8-23-18(13)22/h4-9,11H,3,10H2,1-2H3,(H,24,28). The molecule has 0 radical (unpaired) electrons. The number of rotatable bonds is 6. The highest BCUT2D eigenvalue weighted by Crippen LogP contribution is 2.26. The second-order valence-corrected chi connectivity index (χ2v) is 6.14. The fraction of sp³-hybridized carbons (Fsp3) is 0.200. The van der Waals surface area contributed by atoms with E-state index in [0.717, 1.165) is 0 Å². The molecule has 0 aliphatic heterocycles. The molecule has 7 nitrogen and oxygen atoms in total. The molecule has 0 saturated carbocycles. The molecule has 9 heteroatoms. The van der Waals surface area contributed by atoms with Gasteiger partial charge < -0.3 is 14.6 Å². The average molecular weight is 400 g/mol. The molecular weight excluding hydrogens is 382 g/mol. The zero-order valence-electron chi connectivity index (χ0n) is 15.8. The number of halogens is 2. The Balaban J connectivity index is 1.72. The van der Waals surface area contributed by atoms with Gasteiger partial charge in [-0.1, -0.05) is 13.0 Å². The van der Waals surface area contributed by atoms with Gasteiger partial charge in [0.25, 0.3) is 5.91 Å². The number of hydrogen-bond donors (Lipinski definition) is 1. The van der Waals surface area contributed by atoms with Crippen molar-refractivity contribution in [3.63, 3.8) is 0 Å². The SMILES string of the molecule is CCC(=O)N(C)c1ccc(-c2ncc(C(=O)NCc3cccnc3F)o2)cc1F. The number of benzene rings is 1. The van der Waals surface area contributed by atoms with Crippen LogP contribution in [-0.2, 0) is 11.3 Å². The molecule has 0 aliphatic carbocycles. The van der Waals surface area contributed by atoms with Crippen LogP contribution in [0.4, 0.5) is 14.5 Å². The highest BCUT2D eigenvalue weighted by molar-refractivity contribution is 5.93. The maximum atomic E-state index is 14.4. The van der Waals surface area contributed by atoms with E-state index in [9.17, 15) is 18.4 Å². The Hall–Kier alpha value is -3.62. The smallest absolute Gasteiger partial charge is 0.289 e. The number of nitrogens with one attached hydrogen (secondary N) is 1. The maximum Gasteiger partial charge on any atom is 0.289 e. The highest BCUT2D eigenvalue weighted by Gasteiger charge is 2.18. The van der Waals surface area contributed by atoms with E-state index in [1.807, 2.05) is 0 Å². The van der Waals surface area contributed by atoms with Gasteiger partial charge in [0.2, 0.25) is 23.5 Å². The predicted molar refractivity (Wildman–Crippen MR) is 101 cm³/mol. The molecule has 2 heterocycles. The topological polar surface area (TPSA) is 88.3 Å². The number of carbonyl (C=O) groups excluding carboxylic acids is 2. The second kappa shape index (κ2) is 8.59. The molecule has 0 spiro atoms. The maximum absolute atomic E-state index is 14.4. The van der Waals surface area contributed by atoms with Crippen molar-refractivity contribution in [1.29, 1.82) is 0 Å². The van der Waals surface area contributed by atoms with E-state index < -0.39 is 17.7 Å². The van der Waals surface area contributed by atoms with Crippen LogP contribution in [0, 0.1) is 11.8 Å². The third-order valence-electron chi connectivity index (χ3n) is 4.24. The summed E-state index contributed by atoms with van der Waals surface area (Å²) in [5.74, 6) is -2.19. The summed E-state index contributed by atoms with van der Waals surface area (Å²) in [6.07, 6.45) is 2.76. The third-order valence-corrected chi connectivity index (χ3v) is 4.24. The molecule has 0 atom stereocenters. The first-order valence-corrected chi connectivity index (χ1v) is 8.80. The Morgan fingerprint density at radius 1 is 1.21 bits per heavy atom. The Kier molecular flexibility index (Phi) is 5.96.